The Morgan fingerprint density at radius 1 is 1.42 bits per heavy atom. The maximum Gasteiger partial charge on any atom is 0.264 e. The van der Waals surface area contributed by atoms with Crippen molar-refractivity contribution in [3.63, 3.8) is 0 Å². The molecule has 2 aliphatic heterocycles. The van der Waals surface area contributed by atoms with Gasteiger partial charge in [0.25, 0.3) is 5.91 Å². The van der Waals surface area contributed by atoms with Crippen molar-refractivity contribution in [1.82, 2.24) is 9.88 Å². The van der Waals surface area contributed by atoms with Crippen LogP contribution in [-0.2, 0) is 11.2 Å². The normalized spacial score (nSPS) is 23.0. The van der Waals surface area contributed by atoms with Gasteiger partial charge in [0.05, 0.1) is 6.04 Å². The Morgan fingerprint density at radius 2 is 2.29 bits per heavy atom. The van der Waals surface area contributed by atoms with E-state index in [1.54, 1.807) is 17.4 Å². The first-order valence-corrected chi connectivity index (χ1v) is 9.18. The van der Waals surface area contributed by atoms with E-state index in [4.69, 9.17) is 4.74 Å². The molecule has 2 atom stereocenters. The van der Waals surface area contributed by atoms with Crippen molar-refractivity contribution in [2.75, 3.05) is 6.54 Å². The number of piperidine rings is 1. The highest BCUT2D eigenvalue weighted by Crippen LogP contribution is 2.36. The van der Waals surface area contributed by atoms with Crippen LogP contribution < -0.4 is 4.74 Å². The number of halogens is 1. The highest BCUT2D eigenvalue weighted by atomic mass is 32.1. The molecule has 0 radical (unpaired) electrons. The lowest BCUT2D eigenvalue weighted by molar-refractivity contribution is -0.142. The zero-order valence-electron chi connectivity index (χ0n) is 13.5. The Kier molecular flexibility index (Phi) is 4.00. The molecule has 126 valence electrons. The first kappa shape index (κ1) is 15.6. The average molecular weight is 346 g/mol. The van der Waals surface area contributed by atoms with Gasteiger partial charge in [-0.05, 0) is 32.3 Å². The molecular weight excluding hydrogens is 327 g/mol. The van der Waals surface area contributed by atoms with Crippen LogP contribution >= 0.6 is 11.3 Å². The molecule has 2 aromatic rings. The van der Waals surface area contributed by atoms with Crippen LogP contribution in [0.15, 0.2) is 23.6 Å². The Balaban J connectivity index is 1.56. The lowest BCUT2D eigenvalue weighted by Crippen LogP contribution is -2.45. The molecule has 0 saturated carbocycles. The number of para-hydroxylation sites is 1. The third-order valence-corrected chi connectivity index (χ3v) is 5.76. The first-order chi connectivity index (χ1) is 11.6. The van der Waals surface area contributed by atoms with Gasteiger partial charge in [-0.25, -0.2) is 9.37 Å². The van der Waals surface area contributed by atoms with E-state index in [0.29, 0.717) is 13.0 Å². The molecule has 0 aliphatic carbocycles. The van der Waals surface area contributed by atoms with Gasteiger partial charge in [0, 0.05) is 29.6 Å². The van der Waals surface area contributed by atoms with Crippen molar-refractivity contribution in [1.29, 1.82) is 0 Å². The number of thiazole rings is 1. The van der Waals surface area contributed by atoms with Crippen LogP contribution in [0.25, 0.3) is 0 Å². The van der Waals surface area contributed by atoms with Crippen molar-refractivity contribution in [3.8, 4) is 5.75 Å². The number of fused-ring (bicyclic) bond motifs is 1. The van der Waals surface area contributed by atoms with E-state index in [1.165, 1.54) is 6.07 Å². The fourth-order valence-electron chi connectivity index (χ4n) is 3.53. The molecule has 4 nitrogen and oxygen atoms in total. The summed E-state index contributed by atoms with van der Waals surface area (Å²) in [6.45, 7) is 2.68. The fraction of sp³-hybridized carbons (Fsp3) is 0.444. The average Bonchev–Trinajstić information content (AvgIpc) is 3.21. The van der Waals surface area contributed by atoms with Crippen molar-refractivity contribution in [2.24, 2.45) is 0 Å². The summed E-state index contributed by atoms with van der Waals surface area (Å²) in [5.74, 6) is -0.216. The minimum absolute atomic E-state index is 0.0158. The van der Waals surface area contributed by atoms with E-state index in [1.807, 2.05) is 23.3 Å². The van der Waals surface area contributed by atoms with Crippen LogP contribution in [0.1, 0.15) is 41.6 Å². The number of carbonyl (C=O) groups is 1. The Bertz CT molecular complexity index is 776. The van der Waals surface area contributed by atoms with Gasteiger partial charge in [-0.3, -0.25) is 4.79 Å². The summed E-state index contributed by atoms with van der Waals surface area (Å²) in [6, 6.07) is 4.87. The van der Waals surface area contributed by atoms with Crippen molar-refractivity contribution < 1.29 is 13.9 Å². The molecule has 1 amide bonds. The molecule has 1 aromatic carbocycles. The topological polar surface area (TPSA) is 42.4 Å². The molecule has 24 heavy (non-hydrogen) atoms. The standard InChI is InChI=1S/C18H19FN2O2S/c1-11-10-24-17(20-11)14-7-2-3-8-21(14)18(22)15-9-12-5-4-6-13(19)16(12)23-15/h4-6,10,14-15H,2-3,7-9H2,1H3/t14-,15+/m1/s1. The minimum atomic E-state index is -0.626. The van der Waals surface area contributed by atoms with E-state index in [0.717, 1.165) is 35.5 Å². The number of ether oxygens (including phenoxy) is 1. The molecule has 0 spiro atoms. The molecule has 1 aromatic heterocycles. The lowest BCUT2D eigenvalue weighted by Gasteiger charge is -2.35. The zero-order valence-corrected chi connectivity index (χ0v) is 14.3. The van der Waals surface area contributed by atoms with E-state index >= 15 is 0 Å². The number of aryl methyl sites for hydroxylation is 1. The number of aromatic nitrogens is 1. The number of nitrogens with zero attached hydrogens (tertiary/aromatic N) is 2. The molecule has 0 N–H and O–H groups in total. The van der Waals surface area contributed by atoms with Gasteiger partial charge in [-0.15, -0.1) is 11.3 Å². The summed E-state index contributed by atoms with van der Waals surface area (Å²) in [6.07, 6.45) is 2.81. The number of likely N-dealkylation sites (tertiary alicyclic amines) is 1. The molecule has 1 fully saturated rings. The van der Waals surface area contributed by atoms with Crippen LogP contribution in [0.4, 0.5) is 4.39 Å². The summed E-state index contributed by atoms with van der Waals surface area (Å²) >= 11 is 1.60. The number of hydrogen-bond acceptors (Lipinski definition) is 4. The van der Waals surface area contributed by atoms with Gasteiger partial charge in [-0.1, -0.05) is 12.1 Å². The Hall–Kier alpha value is -1.95. The first-order valence-electron chi connectivity index (χ1n) is 8.30. The van der Waals surface area contributed by atoms with Crippen LogP contribution in [0.3, 0.4) is 0 Å². The Labute approximate surface area is 144 Å². The van der Waals surface area contributed by atoms with Crippen molar-refractivity contribution >= 4 is 17.2 Å². The number of hydrogen-bond donors (Lipinski definition) is 0. The summed E-state index contributed by atoms with van der Waals surface area (Å²) in [4.78, 5) is 19.5. The van der Waals surface area contributed by atoms with Gasteiger partial charge in [0.15, 0.2) is 17.7 Å². The second-order valence-corrected chi connectivity index (χ2v) is 7.30. The Morgan fingerprint density at radius 3 is 3.04 bits per heavy atom. The second kappa shape index (κ2) is 6.16. The predicted molar refractivity (Wildman–Crippen MR) is 89.7 cm³/mol. The third kappa shape index (κ3) is 2.69. The monoisotopic (exact) mass is 346 g/mol. The van der Waals surface area contributed by atoms with E-state index in [9.17, 15) is 9.18 Å². The summed E-state index contributed by atoms with van der Waals surface area (Å²) in [7, 11) is 0. The highest BCUT2D eigenvalue weighted by molar-refractivity contribution is 7.09. The smallest absolute Gasteiger partial charge is 0.264 e. The number of carbonyl (C=O) groups excluding carboxylic acids is 1. The molecule has 4 rings (SSSR count). The van der Waals surface area contributed by atoms with Crippen molar-refractivity contribution in [3.05, 3.63) is 45.7 Å². The fourth-order valence-corrected chi connectivity index (χ4v) is 4.47. The lowest BCUT2D eigenvalue weighted by atomic mass is 10.0. The van der Waals surface area contributed by atoms with Crippen LogP contribution in [0, 0.1) is 12.7 Å². The number of rotatable bonds is 2. The van der Waals surface area contributed by atoms with Gasteiger partial charge in [0.1, 0.15) is 5.01 Å². The highest BCUT2D eigenvalue weighted by Gasteiger charge is 2.38. The molecule has 6 heteroatoms. The second-order valence-electron chi connectivity index (χ2n) is 6.41. The summed E-state index contributed by atoms with van der Waals surface area (Å²) in [5.41, 5.74) is 1.76. The van der Waals surface area contributed by atoms with Gasteiger partial charge in [-0.2, -0.15) is 0 Å². The minimum Gasteiger partial charge on any atom is -0.477 e. The van der Waals surface area contributed by atoms with Crippen molar-refractivity contribution in [2.45, 2.75) is 44.8 Å². The molecular formula is C18H19FN2O2S. The SMILES string of the molecule is Cc1csc([C@H]2CCCCN2C(=O)[C@@H]2Cc3cccc(F)c3O2)n1. The number of amides is 1. The van der Waals surface area contributed by atoms with Crippen LogP contribution in [0.5, 0.6) is 5.75 Å². The molecule has 3 heterocycles. The summed E-state index contributed by atoms with van der Waals surface area (Å²) < 4.78 is 19.5. The maximum atomic E-state index is 13.9. The predicted octanol–water partition coefficient (Wildman–Crippen LogP) is 3.65. The molecule has 1 saturated heterocycles. The van der Waals surface area contributed by atoms with Gasteiger partial charge >= 0.3 is 0 Å². The maximum absolute atomic E-state index is 13.9. The van der Waals surface area contributed by atoms with E-state index in [-0.39, 0.29) is 17.7 Å². The quantitative estimate of drug-likeness (QED) is 0.834. The largest absolute Gasteiger partial charge is 0.477 e. The van der Waals surface area contributed by atoms with Crippen LogP contribution in [0.2, 0.25) is 0 Å². The number of benzene rings is 1. The molecule has 0 unspecified atom stereocenters. The van der Waals surface area contributed by atoms with Crippen LogP contribution in [-0.4, -0.2) is 28.4 Å². The van der Waals surface area contributed by atoms with Gasteiger partial charge < -0.3 is 9.64 Å². The van der Waals surface area contributed by atoms with Gasteiger partial charge in [0.2, 0.25) is 0 Å². The summed E-state index contributed by atoms with van der Waals surface area (Å²) in [5, 5.41) is 3.01. The van der Waals surface area contributed by atoms with E-state index < -0.39 is 11.9 Å². The third-order valence-electron chi connectivity index (χ3n) is 4.70. The van der Waals surface area contributed by atoms with E-state index in [2.05, 4.69) is 4.98 Å². The zero-order chi connectivity index (χ0) is 16.7. The molecule has 2 aliphatic rings. The molecule has 0 bridgehead atoms.